The van der Waals surface area contributed by atoms with E-state index < -0.39 is 34.2 Å². The van der Waals surface area contributed by atoms with E-state index in [4.69, 9.17) is 11.6 Å². The zero-order valence-electron chi connectivity index (χ0n) is 17.0. The van der Waals surface area contributed by atoms with Crippen LogP contribution in [0.4, 0.5) is 18.9 Å². The Hall–Kier alpha value is -3.30. The highest BCUT2D eigenvalue weighted by Gasteiger charge is 2.22. The summed E-state index contributed by atoms with van der Waals surface area (Å²) in [4.78, 5) is 30.4. The minimum absolute atomic E-state index is 0.142. The second-order valence-corrected chi connectivity index (χ2v) is 8.74. The molecule has 168 valence electrons. The standard InChI is InChI=1S/C23H15ClF3N3O2S/c1-12(21(31)28-20-10-13(25)6-8-18(20)27)33-23-29-19-5-3-2-4-15(19)22(32)30(23)14-7-9-17(26)16(24)11-14/h2-12H,1H3,(H,28,31). The lowest BCUT2D eigenvalue weighted by Gasteiger charge is -2.17. The normalized spacial score (nSPS) is 12.0. The fourth-order valence-electron chi connectivity index (χ4n) is 3.08. The number of carbonyl (C=O) groups excluding carboxylic acids is 1. The van der Waals surface area contributed by atoms with Crippen LogP contribution in [0.1, 0.15) is 6.92 Å². The first-order valence-electron chi connectivity index (χ1n) is 9.64. The van der Waals surface area contributed by atoms with Crippen LogP contribution in [0, 0.1) is 17.5 Å². The molecule has 1 atom stereocenters. The predicted molar refractivity (Wildman–Crippen MR) is 123 cm³/mol. The molecule has 0 saturated heterocycles. The first-order valence-corrected chi connectivity index (χ1v) is 10.9. The van der Waals surface area contributed by atoms with Crippen LogP contribution in [0.5, 0.6) is 0 Å². The number of benzene rings is 3. The van der Waals surface area contributed by atoms with E-state index in [-0.39, 0.29) is 21.6 Å². The van der Waals surface area contributed by atoms with Gasteiger partial charge in [0.25, 0.3) is 5.56 Å². The molecule has 5 nitrogen and oxygen atoms in total. The van der Waals surface area contributed by atoms with Gasteiger partial charge in [0, 0.05) is 6.07 Å². The Morgan fingerprint density at radius 2 is 1.79 bits per heavy atom. The van der Waals surface area contributed by atoms with Crippen molar-refractivity contribution in [2.45, 2.75) is 17.3 Å². The van der Waals surface area contributed by atoms with Crippen LogP contribution in [0.3, 0.4) is 0 Å². The molecule has 4 aromatic rings. The molecule has 0 spiro atoms. The molecule has 0 aliphatic rings. The monoisotopic (exact) mass is 489 g/mol. The smallest absolute Gasteiger partial charge is 0.266 e. The van der Waals surface area contributed by atoms with Crippen LogP contribution in [0.15, 0.2) is 70.6 Å². The van der Waals surface area contributed by atoms with Crippen molar-refractivity contribution in [3.8, 4) is 5.69 Å². The highest BCUT2D eigenvalue weighted by Crippen LogP contribution is 2.28. The van der Waals surface area contributed by atoms with Gasteiger partial charge >= 0.3 is 0 Å². The molecule has 1 amide bonds. The number of amides is 1. The number of carbonyl (C=O) groups is 1. The Bertz CT molecular complexity index is 1440. The van der Waals surface area contributed by atoms with E-state index in [2.05, 4.69) is 10.3 Å². The number of anilines is 1. The second-order valence-electron chi connectivity index (χ2n) is 7.02. The van der Waals surface area contributed by atoms with E-state index in [0.717, 1.165) is 36.0 Å². The largest absolute Gasteiger partial charge is 0.323 e. The molecule has 1 aromatic heterocycles. The summed E-state index contributed by atoms with van der Waals surface area (Å²) in [5.74, 6) is -2.77. The number of rotatable bonds is 5. The molecule has 4 rings (SSSR count). The van der Waals surface area contributed by atoms with Gasteiger partial charge in [0.1, 0.15) is 17.5 Å². The maximum atomic E-state index is 13.9. The van der Waals surface area contributed by atoms with Gasteiger partial charge in [-0.05, 0) is 49.4 Å². The van der Waals surface area contributed by atoms with Gasteiger partial charge in [-0.2, -0.15) is 0 Å². The molecule has 0 fully saturated rings. The number of nitrogens with zero attached hydrogens (tertiary/aromatic N) is 2. The number of halogens is 4. The van der Waals surface area contributed by atoms with Crippen molar-refractivity contribution >= 4 is 45.9 Å². The molecule has 0 aliphatic carbocycles. The molecule has 3 aromatic carbocycles. The summed E-state index contributed by atoms with van der Waals surface area (Å²) in [6, 6.07) is 13.1. The average Bonchev–Trinajstić information content (AvgIpc) is 2.78. The first-order chi connectivity index (χ1) is 15.7. The summed E-state index contributed by atoms with van der Waals surface area (Å²) >= 11 is 6.84. The number of hydrogen-bond donors (Lipinski definition) is 1. The number of fused-ring (bicyclic) bond motifs is 1. The maximum Gasteiger partial charge on any atom is 0.266 e. The van der Waals surface area contributed by atoms with E-state index >= 15 is 0 Å². The van der Waals surface area contributed by atoms with Crippen LogP contribution in [0.25, 0.3) is 16.6 Å². The van der Waals surface area contributed by atoms with Gasteiger partial charge < -0.3 is 5.32 Å². The van der Waals surface area contributed by atoms with Crippen molar-refractivity contribution in [1.82, 2.24) is 9.55 Å². The Balaban J connectivity index is 1.74. The van der Waals surface area contributed by atoms with Crippen molar-refractivity contribution < 1.29 is 18.0 Å². The highest BCUT2D eigenvalue weighted by molar-refractivity contribution is 8.00. The van der Waals surface area contributed by atoms with E-state index in [1.54, 1.807) is 24.3 Å². The molecule has 1 unspecified atom stereocenters. The fourth-order valence-corrected chi connectivity index (χ4v) is 4.18. The Morgan fingerprint density at radius 1 is 1.06 bits per heavy atom. The summed E-state index contributed by atoms with van der Waals surface area (Å²) in [7, 11) is 0. The third kappa shape index (κ3) is 4.74. The summed E-state index contributed by atoms with van der Waals surface area (Å²) in [6.07, 6.45) is 0. The molecule has 10 heteroatoms. The molecule has 0 radical (unpaired) electrons. The minimum atomic E-state index is -0.858. The number of para-hydroxylation sites is 1. The topological polar surface area (TPSA) is 64.0 Å². The van der Waals surface area contributed by atoms with Crippen molar-refractivity contribution in [1.29, 1.82) is 0 Å². The van der Waals surface area contributed by atoms with Gasteiger partial charge in [-0.1, -0.05) is 35.5 Å². The van der Waals surface area contributed by atoms with Crippen molar-refractivity contribution in [2.75, 3.05) is 5.32 Å². The van der Waals surface area contributed by atoms with Crippen LogP contribution in [-0.2, 0) is 4.79 Å². The lowest BCUT2D eigenvalue weighted by Crippen LogP contribution is -2.26. The number of hydrogen-bond acceptors (Lipinski definition) is 4. The van der Waals surface area contributed by atoms with Gasteiger partial charge in [0.05, 0.1) is 32.6 Å². The molecule has 0 aliphatic heterocycles. The summed E-state index contributed by atoms with van der Waals surface area (Å²) in [6.45, 7) is 1.53. The van der Waals surface area contributed by atoms with Gasteiger partial charge in [-0.25, -0.2) is 18.2 Å². The lowest BCUT2D eigenvalue weighted by molar-refractivity contribution is -0.115. The number of aromatic nitrogens is 2. The number of thioether (sulfide) groups is 1. The first kappa shape index (κ1) is 22.9. The summed E-state index contributed by atoms with van der Waals surface area (Å²) in [5.41, 5.74) is -0.0784. The maximum absolute atomic E-state index is 13.9. The summed E-state index contributed by atoms with van der Waals surface area (Å²) in [5, 5.41) is 1.76. The van der Waals surface area contributed by atoms with Crippen molar-refractivity contribution in [3.05, 3.63) is 93.5 Å². The van der Waals surface area contributed by atoms with Crippen LogP contribution in [-0.4, -0.2) is 20.7 Å². The SMILES string of the molecule is CC(Sc1nc2ccccc2c(=O)n1-c1ccc(F)c(Cl)c1)C(=O)Nc1cc(F)ccc1F. The van der Waals surface area contributed by atoms with E-state index in [0.29, 0.717) is 10.9 Å². The van der Waals surface area contributed by atoms with Gasteiger partial charge in [-0.3, -0.25) is 14.2 Å². The van der Waals surface area contributed by atoms with Gasteiger partial charge in [0.15, 0.2) is 5.16 Å². The van der Waals surface area contributed by atoms with Crippen molar-refractivity contribution in [2.24, 2.45) is 0 Å². The zero-order valence-corrected chi connectivity index (χ0v) is 18.6. The van der Waals surface area contributed by atoms with E-state index in [1.165, 1.54) is 23.6 Å². The predicted octanol–water partition coefficient (Wildman–Crippen LogP) is 5.58. The Labute approximate surface area is 195 Å². The van der Waals surface area contributed by atoms with Crippen LogP contribution < -0.4 is 10.9 Å². The molecular weight excluding hydrogens is 475 g/mol. The van der Waals surface area contributed by atoms with Gasteiger partial charge in [0.2, 0.25) is 5.91 Å². The third-order valence-electron chi connectivity index (χ3n) is 4.74. The molecule has 1 N–H and O–H groups in total. The van der Waals surface area contributed by atoms with E-state index in [1.807, 2.05) is 0 Å². The molecule has 0 bridgehead atoms. The highest BCUT2D eigenvalue weighted by atomic mass is 35.5. The fraction of sp³-hybridized carbons (Fsp3) is 0.0870. The average molecular weight is 490 g/mol. The molecule has 33 heavy (non-hydrogen) atoms. The molecular formula is C23H15ClF3N3O2S. The van der Waals surface area contributed by atoms with Crippen LogP contribution in [0.2, 0.25) is 5.02 Å². The zero-order chi connectivity index (χ0) is 23.7. The summed E-state index contributed by atoms with van der Waals surface area (Å²) < 4.78 is 42.3. The molecule has 1 heterocycles. The van der Waals surface area contributed by atoms with Gasteiger partial charge in [-0.15, -0.1) is 0 Å². The second kappa shape index (κ2) is 9.29. The van der Waals surface area contributed by atoms with E-state index in [9.17, 15) is 22.8 Å². The Morgan fingerprint density at radius 3 is 2.55 bits per heavy atom. The molecule has 0 saturated carbocycles. The Kier molecular flexibility index (Phi) is 6.44. The quantitative estimate of drug-likeness (QED) is 0.294. The van der Waals surface area contributed by atoms with Crippen LogP contribution >= 0.6 is 23.4 Å². The minimum Gasteiger partial charge on any atom is -0.323 e. The lowest BCUT2D eigenvalue weighted by atomic mass is 10.2. The third-order valence-corrected chi connectivity index (χ3v) is 6.09. The van der Waals surface area contributed by atoms with Crippen molar-refractivity contribution in [3.63, 3.8) is 0 Å². The number of nitrogens with one attached hydrogen (secondary N) is 1.